The molecule has 0 bridgehead atoms. The maximum Gasteiger partial charge on any atom is 0.326 e. The van der Waals surface area contributed by atoms with Crippen molar-refractivity contribution >= 4 is 106 Å². The van der Waals surface area contributed by atoms with Crippen molar-refractivity contribution in [3.63, 3.8) is 0 Å². The number of nitrogens with two attached hydrogens (primary N) is 4. The van der Waals surface area contributed by atoms with Gasteiger partial charge in [-0.05, 0) is 121 Å². The van der Waals surface area contributed by atoms with Crippen LogP contribution in [-0.2, 0) is 96.3 Å². The van der Waals surface area contributed by atoms with Crippen molar-refractivity contribution in [2.24, 2.45) is 44.8 Å². The molecule has 4 aliphatic heterocycles. The molecule has 34 heteroatoms. The van der Waals surface area contributed by atoms with Crippen LogP contribution in [0, 0.1) is 11.8 Å². The van der Waals surface area contributed by atoms with E-state index in [9.17, 15) is 58.8 Å². The Labute approximate surface area is 632 Å². The lowest BCUT2D eigenvalue weighted by atomic mass is 9.84. The van der Waals surface area contributed by atoms with Gasteiger partial charge < -0.3 is 94.9 Å². The highest BCUT2D eigenvalue weighted by molar-refractivity contribution is 7.10. The molecule has 18 N–H and O–H groups in total. The minimum atomic E-state index is -1.68. The van der Waals surface area contributed by atoms with E-state index in [0.29, 0.717) is 46.6 Å². The summed E-state index contributed by atoms with van der Waals surface area (Å²) in [5.41, 5.74) is 24.7. The number of benzene rings is 2. The topological polar surface area (TPSA) is 500 Å². The number of nitrogens with one attached hydrogen (secondary N) is 6. The van der Waals surface area contributed by atoms with Crippen molar-refractivity contribution in [2.75, 3.05) is 26.3 Å². The van der Waals surface area contributed by atoms with Crippen LogP contribution in [0.4, 0.5) is 0 Å². The zero-order valence-corrected chi connectivity index (χ0v) is 61.7. The molecule has 14 atom stereocenters. The van der Waals surface area contributed by atoms with Crippen LogP contribution in [0.25, 0.3) is 0 Å². The third-order valence-electron chi connectivity index (χ3n) is 21.5. The summed E-state index contributed by atoms with van der Waals surface area (Å²) >= 11 is 2.55. The Morgan fingerprint density at radius 1 is 0.463 bits per heavy atom. The van der Waals surface area contributed by atoms with Gasteiger partial charge in [-0.3, -0.25) is 57.9 Å². The van der Waals surface area contributed by atoms with Gasteiger partial charge in [0.05, 0.1) is 13.2 Å². The standard InChI is InChI=1S/C74H98N16O16S2/c75-73(76)79-27-9-21-49(71(103)104)83-65(97)57-33-43-15-5-7-23-55(43)89(57)69(101)59-31-41-13-1-3-17-45(41)37-87(59)67(99)53(39-91)85-63(95)51(35-47-19-11-29-107-47)81-61(93)25-26-62(94)82-52(36-48-20-12-30-108-48)64(96)86-54(40-92)68(100)88-38-46-18-4-2-14-42(46)32-60(88)70(102)90-56-24-8-6-16-44(56)34-58(90)66(98)84-50(72(105)106)22-10-28-80-74(77)78/h1-4,11-14,17-20,29-30,43-44,49-60,91-92H,5-10,15-16,21-28,31-40H2,(H,81,93)(H,82,94)(H,83,97)(H,84,98)(H,85,95)(H,86,96)(H,103,104)(H,105,106)(H4,75,76,79)(H4,77,78,80)/t43?,44?,49-,50-,51-,52-,53-,54-,55?,56?,57-,58-,59+,60+/m0/s1. The molecule has 10 rings (SSSR count). The number of likely N-dealkylation sites (tertiary alicyclic amines) is 2. The molecular formula is C74H98N16O16S2. The SMILES string of the molecule is NC(N)=NCCC[C@H](NC(=O)[C@@H]1CC2CCCCC2N1C(=O)[C@H]1Cc2ccccc2CN1C(=O)[C@H](CO)NC(=O)[C@H](Cc1cccs1)NC(=O)CCC(=O)N[C@@H](Cc1cccs1)C(=O)N[C@@H](CO)C(=O)N1Cc2ccccc2C[C@@H]1C(=O)N1C2CCCCC2C[C@H]1C(=O)N[C@@H](CCCN=C(N)N)C(=O)O)C(=O)O. The molecular weight excluding hydrogens is 1430 g/mol. The molecule has 108 heavy (non-hydrogen) atoms. The van der Waals surface area contributed by atoms with Crippen molar-refractivity contribution in [1.29, 1.82) is 0 Å². The third-order valence-corrected chi connectivity index (χ3v) is 23.3. The smallest absolute Gasteiger partial charge is 0.326 e. The molecule has 4 unspecified atom stereocenters. The maximum absolute atomic E-state index is 15.4. The monoisotopic (exact) mass is 1530 g/mol. The Balaban J connectivity index is 0.809. The van der Waals surface area contributed by atoms with Crippen molar-refractivity contribution in [1.82, 2.24) is 51.5 Å². The van der Waals surface area contributed by atoms with Gasteiger partial charge in [0, 0.05) is 86.5 Å². The Bertz CT molecular complexity index is 3720. The Morgan fingerprint density at radius 2 is 0.843 bits per heavy atom. The molecule has 582 valence electrons. The first-order chi connectivity index (χ1) is 51.9. The number of amides is 10. The lowest BCUT2D eigenvalue weighted by Crippen LogP contribution is -2.63. The predicted octanol–water partition coefficient (Wildman–Crippen LogP) is -0.229. The summed E-state index contributed by atoms with van der Waals surface area (Å²) in [6.07, 6.45) is 5.46. The van der Waals surface area contributed by atoms with Gasteiger partial charge in [0.2, 0.25) is 59.1 Å². The van der Waals surface area contributed by atoms with Crippen molar-refractivity contribution < 1.29 is 78.0 Å². The number of aliphatic imine (C=N–C) groups is 2. The van der Waals surface area contributed by atoms with Crippen molar-refractivity contribution in [2.45, 2.75) is 214 Å². The number of aliphatic hydroxyl groups excluding tert-OH is 2. The highest BCUT2D eigenvalue weighted by Crippen LogP contribution is 2.43. The summed E-state index contributed by atoms with van der Waals surface area (Å²) in [4.78, 5) is 187. The number of fused-ring (bicyclic) bond motifs is 4. The van der Waals surface area contributed by atoms with E-state index in [0.717, 1.165) is 36.8 Å². The molecule has 6 aliphatic rings. The van der Waals surface area contributed by atoms with Gasteiger partial charge in [0.25, 0.3) is 0 Å². The molecule has 0 radical (unpaired) electrons. The minimum absolute atomic E-state index is 0.00226. The number of nitrogens with zero attached hydrogens (tertiary/aromatic N) is 6. The summed E-state index contributed by atoms with van der Waals surface area (Å²) in [6, 6.07) is 6.94. The number of guanidine groups is 2. The second-order valence-electron chi connectivity index (χ2n) is 28.6. The fraction of sp³-hybridized carbons (Fsp3) is 0.541. The summed E-state index contributed by atoms with van der Waals surface area (Å²) in [5, 5.41) is 61.8. The van der Waals surface area contributed by atoms with Gasteiger partial charge >= 0.3 is 11.9 Å². The number of carboxylic acids is 2. The van der Waals surface area contributed by atoms with Crippen LogP contribution in [-0.4, -0.2) is 222 Å². The molecule has 2 aliphatic carbocycles. The Kier molecular flexibility index (Phi) is 28.1. The van der Waals surface area contributed by atoms with E-state index >= 15 is 19.2 Å². The highest BCUT2D eigenvalue weighted by Gasteiger charge is 2.54. The minimum Gasteiger partial charge on any atom is -0.480 e. The number of aliphatic carboxylic acids is 2. The fourth-order valence-electron chi connectivity index (χ4n) is 16.1. The van der Waals surface area contributed by atoms with Gasteiger partial charge in [-0.2, -0.15) is 0 Å². The van der Waals surface area contributed by atoms with Gasteiger partial charge in [0.1, 0.15) is 60.4 Å². The van der Waals surface area contributed by atoms with Crippen LogP contribution >= 0.6 is 22.7 Å². The first-order valence-corrected chi connectivity index (χ1v) is 38.7. The lowest BCUT2D eigenvalue weighted by molar-refractivity contribution is -0.153. The van der Waals surface area contributed by atoms with Gasteiger partial charge in [-0.15, -0.1) is 22.7 Å². The number of hydrogen-bond acceptors (Lipinski definition) is 18. The number of carboxylic acid groups (broad SMARTS) is 2. The average Bonchev–Trinajstić information content (AvgIpc) is 1.41. The quantitative estimate of drug-likeness (QED) is 0.0166. The van der Waals surface area contributed by atoms with Crippen LogP contribution in [0.3, 0.4) is 0 Å². The van der Waals surface area contributed by atoms with Crippen LogP contribution in [0.2, 0.25) is 0 Å². The normalized spacial score (nSPS) is 22.3. The average molecular weight is 1530 g/mol. The number of thiophene rings is 2. The lowest BCUT2D eigenvalue weighted by Gasteiger charge is -2.42. The van der Waals surface area contributed by atoms with Crippen LogP contribution in [0.1, 0.15) is 135 Å². The van der Waals surface area contributed by atoms with E-state index in [1.165, 1.54) is 42.3 Å². The first-order valence-electron chi connectivity index (χ1n) is 36.9. The van der Waals surface area contributed by atoms with Crippen LogP contribution in [0.15, 0.2) is 93.5 Å². The molecule has 32 nitrogen and oxygen atoms in total. The van der Waals surface area contributed by atoms with E-state index in [4.69, 9.17) is 22.9 Å². The second-order valence-corrected chi connectivity index (χ2v) is 30.7. The molecule has 2 saturated carbocycles. The van der Waals surface area contributed by atoms with Gasteiger partial charge in [-0.25, -0.2) is 9.59 Å². The zero-order valence-electron chi connectivity index (χ0n) is 60.0. The highest BCUT2D eigenvalue weighted by atomic mass is 32.1. The first kappa shape index (κ1) is 80.5. The number of carbonyl (C=O) groups excluding carboxylic acids is 10. The van der Waals surface area contributed by atoms with E-state index in [1.807, 2.05) is 12.1 Å². The third kappa shape index (κ3) is 20.2. The van der Waals surface area contributed by atoms with E-state index in [-0.39, 0.29) is 114 Å². The number of carbonyl (C=O) groups is 12. The molecule has 2 saturated heterocycles. The van der Waals surface area contributed by atoms with Crippen LogP contribution in [0.5, 0.6) is 0 Å². The summed E-state index contributed by atoms with van der Waals surface area (Å²) in [5.74, 6) is -10.6. The summed E-state index contributed by atoms with van der Waals surface area (Å²) in [6.45, 7) is -1.92. The number of rotatable bonds is 33. The Morgan fingerprint density at radius 3 is 1.19 bits per heavy atom. The van der Waals surface area contributed by atoms with E-state index in [1.54, 1.807) is 71.4 Å². The fourth-order valence-corrected chi connectivity index (χ4v) is 17.6. The Hall–Kier alpha value is -10.1. The van der Waals surface area contributed by atoms with Crippen molar-refractivity contribution in [3.05, 3.63) is 116 Å². The van der Waals surface area contributed by atoms with E-state index in [2.05, 4.69) is 41.9 Å². The summed E-state index contributed by atoms with van der Waals surface area (Å²) < 4.78 is 0. The molecule has 2 aromatic heterocycles. The largest absolute Gasteiger partial charge is 0.480 e. The van der Waals surface area contributed by atoms with Crippen molar-refractivity contribution in [3.8, 4) is 0 Å². The second kappa shape index (κ2) is 37.7. The number of aliphatic hydroxyl groups is 2. The number of hydrogen-bond donors (Lipinski definition) is 14. The van der Waals surface area contributed by atoms with Gasteiger partial charge in [0.15, 0.2) is 11.9 Å². The molecule has 6 heterocycles. The summed E-state index contributed by atoms with van der Waals surface area (Å²) in [7, 11) is 0. The predicted molar refractivity (Wildman–Crippen MR) is 397 cm³/mol. The molecule has 4 aromatic rings. The molecule has 4 fully saturated rings. The zero-order chi connectivity index (χ0) is 77.3. The van der Waals surface area contributed by atoms with Gasteiger partial charge in [-0.1, -0.05) is 86.3 Å². The molecule has 0 spiro atoms. The van der Waals surface area contributed by atoms with Crippen LogP contribution < -0.4 is 54.8 Å². The molecule has 2 aromatic carbocycles. The maximum atomic E-state index is 15.4. The van der Waals surface area contributed by atoms with E-state index < -0.39 is 170 Å². The molecule has 10 amide bonds.